The number of ether oxygens (including phenoxy) is 1. The van der Waals surface area contributed by atoms with Crippen LogP contribution < -0.4 is 5.73 Å². The van der Waals surface area contributed by atoms with E-state index in [1.807, 2.05) is 25.1 Å². The van der Waals surface area contributed by atoms with Crippen LogP contribution in [0.5, 0.6) is 0 Å². The van der Waals surface area contributed by atoms with Crippen LogP contribution in [0, 0.1) is 0 Å². The number of aliphatic hydroxyl groups is 1. The van der Waals surface area contributed by atoms with Crippen molar-refractivity contribution in [1.29, 1.82) is 0 Å². The maximum Gasteiger partial charge on any atom is 0.258 e. The third-order valence-corrected chi connectivity index (χ3v) is 3.42. The molecule has 2 aromatic carbocycles. The minimum absolute atomic E-state index is 0.315. The maximum atomic E-state index is 12.0. The summed E-state index contributed by atoms with van der Waals surface area (Å²) in [6, 6.07) is 15.8. The Bertz CT molecular complexity index is 612. The van der Waals surface area contributed by atoms with Crippen LogP contribution in [0.15, 0.2) is 54.6 Å². The number of carbonyl (C=O) groups is 1. The predicted octanol–water partition coefficient (Wildman–Crippen LogP) is 1.94. The third kappa shape index (κ3) is 2.96. The van der Waals surface area contributed by atoms with Gasteiger partial charge in [-0.05, 0) is 18.1 Å². The van der Waals surface area contributed by atoms with Crippen LogP contribution in [0.3, 0.4) is 0 Å². The van der Waals surface area contributed by atoms with Crippen molar-refractivity contribution in [2.75, 3.05) is 6.61 Å². The average molecular weight is 285 g/mol. The van der Waals surface area contributed by atoms with Gasteiger partial charge >= 0.3 is 0 Å². The van der Waals surface area contributed by atoms with Gasteiger partial charge < -0.3 is 15.6 Å². The number of hydrogen-bond acceptors (Lipinski definition) is 3. The van der Waals surface area contributed by atoms with E-state index in [-0.39, 0.29) is 0 Å². The molecule has 1 atom stereocenters. The first-order valence-corrected chi connectivity index (χ1v) is 6.84. The fourth-order valence-corrected chi connectivity index (χ4v) is 2.32. The molecule has 1 amide bonds. The van der Waals surface area contributed by atoms with Gasteiger partial charge in [-0.25, -0.2) is 0 Å². The number of nitrogens with two attached hydrogens (primary N) is 1. The number of amides is 1. The van der Waals surface area contributed by atoms with E-state index < -0.39 is 11.5 Å². The van der Waals surface area contributed by atoms with Gasteiger partial charge in [0.25, 0.3) is 5.91 Å². The lowest BCUT2D eigenvalue weighted by Gasteiger charge is -2.28. The Balaban J connectivity index is 2.56. The molecule has 0 saturated carbocycles. The van der Waals surface area contributed by atoms with Gasteiger partial charge in [0.1, 0.15) is 0 Å². The van der Waals surface area contributed by atoms with E-state index in [1.165, 1.54) is 0 Å². The first-order valence-electron chi connectivity index (χ1n) is 6.84. The Morgan fingerprint density at radius 2 is 1.76 bits per heavy atom. The molecular weight excluding hydrogens is 266 g/mol. The van der Waals surface area contributed by atoms with Crippen LogP contribution in [-0.2, 0) is 21.7 Å². The lowest BCUT2D eigenvalue weighted by atomic mass is 9.83. The summed E-state index contributed by atoms with van der Waals surface area (Å²) < 4.78 is 5.41. The lowest BCUT2D eigenvalue weighted by molar-refractivity contribution is -0.133. The molecule has 3 N–H and O–H groups in total. The smallest absolute Gasteiger partial charge is 0.258 e. The normalized spacial score (nSPS) is 13.6. The Hall–Kier alpha value is -2.17. The maximum absolute atomic E-state index is 12.0. The van der Waals surface area contributed by atoms with E-state index in [0.717, 1.165) is 5.56 Å². The van der Waals surface area contributed by atoms with E-state index in [2.05, 4.69) is 0 Å². The molecule has 0 aliphatic rings. The predicted molar refractivity (Wildman–Crippen MR) is 80.4 cm³/mol. The van der Waals surface area contributed by atoms with E-state index >= 15 is 0 Å². The molecule has 2 rings (SSSR count). The van der Waals surface area contributed by atoms with Crippen LogP contribution in [0.1, 0.15) is 23.6 Å². The average Bonchev–Trinajstić information content (AvgIpc) is 2.53. The molecule has 0 radical (unpaired) electrons. The van der Waals surface area contributed by atoms with Gasteiger partial charge in [0.2, 0.25) is 0 Å². The zero-order chi connectivity index (χ0) is 15.3. The zero-order valence-electron chi connectivity index (χ0n) is 12.0. The Morgan fingerprint density at radius 3 is 2.38 bits per heavy atom. The van der Waals surface area contributed by atoms with Crippen molar-refractivity contribution in [3.8, 4) is 0 Å². The number of primary amides is 1. The molecule has 4 nitrogen and oxygen atoms in total. The molecule has 0 aliphatic heterocycles. The standard InChI is InChI=1S/C17H19NO3/c1-2-21-12-13-8-6-7-11-15(13)17(20,16(18)19)14-9-4-3-5-10-14/h3-11,20H,2,12H2,1H3,(H2,18,19)/t17-/m1/s1. The van der Waals surface area contributed by atoms with Gasteiger partial charge in [-0.1, -0.05) is 54.6 Å². The molecule has 4 heteroatoms. The van der Waals surface area contributed by atoms with Crippen LogP contribution in [0.2, 0.25) is 0 Å². The highest BCUT2D eigenvalue weighted by Gasteiger charge is 2.39. The van der Waals surface area contributed by atoms with Gasteiger partial charge in [0.15, 0.2) is 5.60 Å². The van der Waals surface area contributed by atoms with Crippen molar-refractivity contribution in [1.82, 2.24) is 0 Å². The van der Waals surface area contributed by atoms with Gasteiger partial charge in [-0.15, -0.1) is 0 Å². The molecule has 0 aromatic heterocycles. The lowest BCUT2D eigenvalue weighted by Crippen LogP contribution is -2.43. The van der Waals surface area contributed by atoms with Crippen molar-refractivity contribution >= 4 is 5.91 Å². The van der Waals surface area contributed by atoms with Gasteiger partial charge in [-0.3, -0.25) is 4.79 Å². The molecule has 0 aliphatic carbocycles. The molecule has 0 unspecified atom stereocenters. The fraction of sp³-hybridized carbons (Fsp3) is 0.235. The van der Waals surface area contributed by atoms with Crippen molar-refractivity contribution in [2.45, 2.75) is 19.1 Å². The Kier molecular flexibility index (Phi) is 4.73. The fourth-order valence-electron chi connectivity index (χ4n) is 2.32. The largest absolute Gasteiger partial charge is 0.377 e. The number of rotatable bonds is 6. The van der Waals surface area contributed by atoms with Gasteiger partial charge in [0.05, 0.1) is 6.61 Å². The second-order valence-corrected chi connectivity index (χ2v) is 4.73. The topological polar surface area (TPSA) is 72.6 Å². The summed E-state index contributed by atoms with van der Waals surface area (Å²) in [5.74, 6) is -0.808. The monoisotopic (exact) mass is 285 g/mol. The quantitative estimate of drug-likeness (QED) is 0.852. The molecular formula is C17H19NO3. The van der Waals surface area contributed by atoms with Crippen molar-refractivity contribution in [3.63, 3.8) is 0 Å². The zero-order valence-corrected chi connectivity index (χ0v) is 12.0. The van der Waals surface area contributed by atoms with E-state index in [0.29, 0.717) is 24.3 Å². The third-order valence-electron chi connectivity index (χ3n) is 3.42. The summed E-state index contributed by atoms with van der Waals surface area (Å²) in [6.45, 7) is 2.75. The molecule has 0 saturated heterocycles. The number of hydrogen-bond donors (Lipinski definition) is 2. The first-order chi connectivity index (χ1) is 10.1. The summed E-state index contributed by atoms with van der Waals surface area (Å²) in [7, 11) is 0. The SMILES string of the molecule is CCOCc1ccccc1[C@@](O)(C(N)=O)c1ccccc1. The minimum Gasteiger partial charge on any atom is -0.377 e. The van der Waals surface area contributed by atoms with E-state index in [1.54, 1.807) is 36.4 Å². The number of benzene rings is 2. The summed E-state index contributed by atoms with van der Waals surface area (Å²) in [4.78, 5) is 12.0. The molecule has 2 aromatic rings. The first kappa shape index (κ1) is 15.2. The summed E-state index contributed by atoms with van der Waals surface area (Å²) in [6.07, 6.45) is 0. The molecule has 110 valence electrons. The Morgan fingerprint density at radius 1 is 1.14 bits per heavy atom. The molecule has 0 bridgehead atoms. The highest BCUT2D eigenvalue weighted by atomic mass is 16.5. The van der Waals surface area contributed by atoms with Crippen molar-refractivity contribution in [2.24, 2.45) is 5.73 Å². The van der Waals surface area contributed by atoms with Crippen LogP contribution >= 0.6 is 0 Å². The summed E-state index contributed by atoms with van der Waals surface area (Å²) in [5.41, 5.74) is 5.28. The Labute approximate surface area is 124 Å². The number of carbonyl (C=O) groups excluding carboxylic acids is 1. The van der Waals surface area contributed by atoms with Crippen molar-refractivity contribution < 1.29 is 14.6 Å². The van der Waals surface area contributed by atoms with E-state index in [9.17, 15) is 9.90 Å². The van der Waals surface area contributed by atoms with Gasteiger partial charge in [0, 0.05) is 12.2 Å². The highest BCUT2D eigenvalue weighted by Crippen LogP contribution is 2.32. The molecule has 0 spiro atoms. The second-order valence-electron chi connectivity index (χ2n) is 4.73. The van der Waals surface area contributed by atoms with Crippen LogP contribution in [0.4, 0.5) is 0 Å². The summed E-state index contributed by atoms with van der Waals surface area (Å²) in [5, 5.41) is 11.0. The molecule has 21 heavy (non-hydrogen) atoms. The highest BCUT2D eigenvalue weighted by molar-refractivity contribution is 5.89. The van der Waals surface area contributed by atoms with Crippen LogP contribution in [0.25, 0.3) is 0 Å². The summed E-state index contributed by atoms with van der Waals surface area (Å²) >= 11 is 0. The van der Waals surface area contributed by atoms with Gasteiger partial charge in [-0.2, -0.15) is 0 Å². The molecule has 0 fully saturated rings. The van der Waals surface area contributed by atoms with Crippen LogP contribution in [-0.4, -0.2) is 17.6 Å². The van der Waals surface area contributed by atoms with E-state index in [4.69, 9.17) is 10.5 Å². The minimum atomic E-state index is -1.87. The van der Waals surface area contributed by atoms with Crippen molar-refractivity contribution in [3.05, 3.63) is 71.3 Å². The molecule has 0 heterocycles. The second kappa shape index (κ2) is 6.52.